The molecule has 0 saturated carbocycles. The molecular formula is C34H37ClN4O5S. The van der Waals surface area contributed by atoms with E-state index >= 15 is 0 Å². The predicted molar refractivity (Wildman–Crippen MR) is 179 cm³/mol. The van der Waals surface area contributed by atoms with Gasteiger partial charge >= 0.3 is 5.97 Å². The van der Waals surface area contributed by atoms with E-state index < -0.39 is 5.97 Å². The first-order valence-corrected chi connectivity index (χ1v) is 16.0. The van der Waals surface area contributed by atoms with E-state index in [9.17, 15) is 14.5 Å². The first kappa shape index (κ1) is 32.7. The van der Waals surface area contributed by atoms with Crippen molar-refractivity contribution in [3.8, 4) is 11.5 Å². The number of aromatic nitrogens is 1. The molecule has 0 bridgehead atoms. The van der Waals surface area contributed by atoms with E-state index in [2.05, 4.69) is 14.4 Å². The molecule has 3 aromatic carbocycles. The summed E-state index contributed by atoms with van der Waals surface area (Å²) in [5, 5.41) is 1.30. The molecule has 1 saturated heterocycles. The molecule has 0 atom stereocenters. The minimum Gasteiger partial charge on any atom is -0.497 e. The number of ether oxygens (including phenoxy) is 2. The average molecular weight is 649 g/mol. The first-order valence-electron chi connectivity index (χ1n) is 14.8. The highest BCUT2D eigenvalue weighted by Gasteiger charge is 2.27. The summed E-state index contributed by atoms with van der Waals surface area (Å²) < 4.78 is 15.6. The third-order valence-electron chi connectivity index (χ3n) is 8.07. The molecule has 4 aromatic rings. The van der Waals surface area contributed by atoms with Gasteiger partial charge < -0.3 is 9.47 Å². The Kier molecular flexibility index (Phi) is 10.3. The van der Waals surface area contributed by atoms with Crippen LogP contribution in [0.2, 0.25) is 5.02 Å². The lowest BCUT2D eigenvalue weighted by Gasteiger charge is -2.37. The summed E-state index contributed by atoms with van der Waals surface area (Å²) >= 11 is 7.13. The van der Waals surface area contributed by atoms with Crippen molar-refractivity contribution >= 4 is 46.3 Å². The van der Waals surface area contributed by atoms with Gasteiger partial charge in [-0.2, -0.15) is 0 Å². The smallest absolute Gasteiger partial charge is 0.315 e. The van der Waals surface area contributed by atoms with Crippen molar-refractivity contribution in [1.82, 2.24) is 14.4 Å². The predicted octanol–water partition coefficient (Wildman–Crippen LogP) is 6.76. The molecule has 0 spiro atoms. The van der Waals surface area contributed by atoms with Gasteiger partial charge in [0, 0.05) is 82.2 Å². The fourth-order valence-corrected chi connectivity index (χ4v) is 6.37. The molecule has 0 radical (unpaired) electrons. The van der Waals surface area contributed by atoms with Crippen molar-refractivity contribution in [3.05, 3.63) is 99.0 Å². The Morgan fingerprint density at radius 1 is 0.933 bits per heavy atom. The average Bonchev–Trinajstić information content (AvgIpc) is 3.28. The summed E-state index contributed by atoms with van der Waals surface area (Å²) in [5.41, 5.74) is 3.67. The highest BCUT2D eigenvalue weighted by molar-refractivity contribution is 7.99. The largest absolute Gasteiger partial charge is 0.497 e. The molecule has 11 heteroatoms. The fourth-order valence-electron chi connectivity index (χ4n) is 5.80. The minimum absolute atomic E-state index is 0.0132. The molecule has 1 aromatic heterocycles. The lowest BCUT2D eigenvalue weighted by molar-refractivity contribution is -0.133. The second kappa shape index (κ2) is 14.2. The van der Waals surface area contributed by atoms with Crippen molar-refractivity contribution in [3.63, 3.8) is 0 Å². The zero-order valence-electron chi connectivity index (χ0n) is 25.9. The van der Waals surface area contributed by atoms with Crippen molar-refractivity contribution in [1.29, 1.82) is 0 Å². The number of rotatable bonds is 11. The Hall–Kier alpha value is -3.70. The third kappa shape index (κ3) is 7.94. The zero-order chi connectivity index (χ0) is 32.1. The van der Waals surface area contributed by atoms with Gasteiger partial charge in [0.15, 0.2) is 0 Å². The maximum Gasteiger partial charge on any atom is 0.315 e. The lowest BCUT2D eigenvalue weighted by Crippen LogP contribution is -2.49. The van der Waals surface area contributed by atoms with E-state index in [1.54, 1.807) is 42.0 Å². The van der Waals surface area contributed by atoms with Crippen LogP contribution in [0.15, 0.2) is 71.3 Å². The highest BCUT2D eigenvalue weighted by Crippen LogP contribution is 2.31. The summed E-state index contributed by atoms with van der Waals surface area (Å²) in [7, 11) is 1.58. The van der Waals surface area contributed by atoms with E-state index in [0.29, 0.717) is 38.9 Å². The van der Waals surface area contributed by atoms with E-state index in [1.807, 2.05) is 57.2 Å². The number of nitrogens with zero attached hydrogens (tertiary/aromatic N) is 4. The number of nitroso groups, excluding NO2 is 1. The van der Waals surface area contributed by atoms with Gasteiger partial charge in [0.1, 0.15) is 11.5 Å². The van der Waals surface area contributed by atoms with Gasteiger partial charge in [-0.05, 0) is 86.5 Å². The number of fused-ring (bicyclic) bond motifs is 1. The molecule has 5 rings (SSSR count). The Balaban J connectivity index is 1.24. The number of halogens is 1. The summed E-state index contributed by atoms with van der Waals surface area (Å²) in [6, 6.07) is 19.8. The van der Waals surface area contributed by atoms with Crippen molar-refractivity contribution in [2.75, 3.05) is 39.8 Å². The number of esters is 1. The molecule has 1 fully saturated rings. The Morgan fingerprint density at radius 2 is 1.58 bits per heavy atom. The van der Waals surface area contributed by atoms with E-state index in [-0.39, 0.29) is 17.1 Å². The SMILES string of the molecule is COc1ccc2c(c1)c(CC(=O)Oc1ccc(CN3CCN(CC(C)(C)SN=O)CC3)cc1)c(C)n2C(=O)c1ccc(Cl)cc1. The van der Waals surface area contributed by atoms with Crippen LogP contribution in [-0.2, 0) is 17.8 Å². The molecule has 45 heavy (non-hydrogen) atoms. The molecule has 0 amide bonds. The number of carbonyl (C=O) groups excluding carboxylic acids is 2. The fraction of sp³-hybridized carbons (Fsp3) is 0.353. The topological polar surface area (TPSA) is 93.4 Å². The number of carbonyl (C=O) groups is 2. The van der Waals surface area contributed by atoms with Gasteiger partial charge in [-0.1, -0.05) is 23.7 Å². The van der Waals surface area contributed by atoms with Gasteiger partial charge in [0.05, 0.1) is 19.0 Å². The van der Waals surface area contributed by atoms with Crippen LogP contribution in [0.1, 0.15) is 41.0 Å². The molecule has 1 aliphatic heterocycles. The summed E-state index contributed by atoms with van der Waals surface area (Å²) in [5.74, 6) is 0.458. The number of piperazine rings is 1. The molecule has 0 unspecified atom stereocenters. The van der Waals surface area contributed by atoms with Crippen molar-refractivity contribution in [2.24, 2.45) is 4.58 Å². The third-order valence-corrected chi connectivity index (χ3v) is 9.02. The summed E-state index contributed by atoms with van der Waals surface area (Å²) in [4.78, 5) is 42.2. The van der Waals surface area contributed by atoms with Crippen LogP contribution in [0.5, 0.6) is 11.5 Å². The number of methoxy groups -OCH3 is 1. The Bertz CT molecular complexity index is 1680. The van der Waals surface area contributed by atoms with Crippen LogP contribution < -0.4 is 9.47 Å². The minimum atomic E-state index is -0.423. The quantitative estimate of drug-likeness (QED) is 0.0762. The summed E-state index contributed by atoms with van der Waals surface area (Å²) in [6.07, 6.45) is -0.0132. The van der Waals surface area contributed by atoms with Crippen LogP contribution in [-0.4, -0.2) is 70.8 Å². The number of hydrogen-bond donors (Lipinski definition) is 0. The first-order chi connectivity index (χ1) is 21.6. The van der Waals surface area contributed by atoms with Gasteiger partial charge in [-0.3, -0.25) is 24.0 Å². The maximum absolute atomic E-state index is 13.6. The second-order valence-corrected chi connectivity index (χ2v) is 13.7. The molecule has 0 aliphatic carbocycles. The summed E-state index contributed by atoms with van der Waals surface area (Å²) in [6.45, 7) is 11.3. The molecule has 236 valence electrons. The van der Waals surface area contributed by atoms with E-state index in [1.165, 1.54) is 0 Å². The highest BCUT2D eigenvalue weighted by atomic mass is 35.5. The Morgan fingerprint density at radius 3 is 2.22 bits per heavy atom. The molecule has 9 nitrogen and oxygen atoms in total. The standard InChI is InChI=1S/C34H37ClN4O5S/c1-23-29(30-19-28(43-4)13-14-31(30)39(23)33(41)25-7-9-26(35)10-8-25)20-32(40)44-27-11-5-24(6-12-27)21-37-15-17-38(18-16-37)22-34(2,3)45-36-42/h5-14,19H,15-18,20-22H2,1-4H3. The van der Waals surface area contributed by atoms with Crippen molar-refractivity contribution < 1.29 is 19.1 Å². The van der Waals surface area contributed by atoms with Crippen LogP contribution >= 0.6 is 23.5 Å². The van der Waals surface area contributed by atoms with Gasteiger partial charge in [-0.15, -0.1) is 4.91 Å². The van der Waals surface area contributed by atoms with Crippen LogP contribution in [0.3, 0.4) is 0 Å². The molecule has 2 heterocycles. The number of hydrogen-bond acceptors (Lipinski definition) is 9. The zero-order valence-corrected chi connectivity index (χ0v) is 27.5. The maximum atomic E-state index is 13.6. The van der Waals surface area contributed by atoms with Crippen LogP contribution in [0.4, 0.5) is 0 Å². The normalized spacial score (nSPS) is 14.4. The van der Waals surface area contributed by atoms with Gasteiger partial charge in [-0.25, -0.2) is 0 Å². The van der Waals surface area contributed by atoms with E-state index in [4.69, 9.17) is 21.1 Å². The van der Waals surface area contributed by atoms with Gasteiger partial charge in [0.25, 0.3) is 5.91 Å². The Labute approximate surface area is 272 Å². The van der Waals surface area contributed by atoms with Crippen LogP contribution in [0, 0.1) is 11.8 Å². The van der Waals surface area contributed by atoms with Crippen LogP contribution in [0.25, 0.3) is 10.9 Å². The lowest BCUT2D eigenvalue weighted by atomic mass is 10.1. The second-order valence-electron chi connectivity index (χ2n) is 11.9. The number of benzene rings is 3. The molecule has 0 N–H and O–H groups in total. The molecule has 1 aliphatic rings. The molecular weight excluding hydrogens is 612 g/mol. The van der Waals surface area contributed by atoms with E-state index in [0.717, 1.165) is 62.2 Å². The van der Waals surface area contributed by atoms with Crippen molar-refractivity contribution in [2.45, 2.75) is 38.5 Å². The monoisotopic (exact) mass is 648 g/mol. The van der Waals surface area contributed by atoms with Gasteiger partial charge in [0.2, 0.25) is 0 Å².